The number of hydrogen-bond acceptors (Lipinski definition) is 4. The number of hydrogen-bond donors (Lipinski definition) is 2. The molecule has 88 valence electrons. The number of carboxylic acids is 1. The first-order valence-electron chi connectivity index (χ1n) is 5.45. The molecule has 2 N–H and O–H groups in total. The Morgan fingerprint density at radius 1 is 1.56 bits per heavy atom. The van der Waals surface area contributed by atoms with Crippen LogP contribution in [0, 0.1) is 0 Å². The van der Waals surface area contributed by atoms with Gasteiger partial charge < -0.3 is 9.52 Å². The van der Waals surface area contributed by atoms with Gasteiger partial charge in [-0.3, -0.25) is 4.84 Å². The van der Waals surface area contributed by atoms with Gasteiger partial charge in [0.25, 0.3) is 0 Å². The predicted octanol–water partition coefficient (Wildman–Crippen LogP) is 1.94. The maximum absolute atomic E-state index is 10.6. The second kappa shape index (κ2) is 5.14. The van der Waals surface area contributed by atoms with Gasteiger partial charge >= 0.3 is 5.97 Å². The molecule has 1 aromatic heterocycles. The van der Waals surface area contributed by atoms with Crippen molar-refractivity contribution in [1.29, 1.82) is 0 Å². The number of rotatable bonds is 5. The molecule has 16 heavy (non-hydrogen) atoms. The zero-order valence-electron chi connectivity index (χ0n) is 8.94. The number of furan rings is 1. The van der Waals surface area contributed by atoms with E-state index in [1.165, 1.54) is 25.2 Å². The fourth-order valence-corrected chi connectivity index (χ4v) is 1.82. The highest BCUT2D eigenvalue weighted by Gasteiger charge is 2.15. The van der Waals surface area contributed by atoms with Crippen LogP contribution in [0.1, 0.15) is 41.8 Å². The molecule has 1 heterocycles. The van der Waals surface area contributed by atoms with Crippen LogP contribution in [0.25, 0.3) is 0 Å². The molecule has 0 saturated heterocycles. The topological polar surface area (TPSA) is 71.7 Å². The third kappa shape index (κ3) is 2.84. The third-order valence-electron chi connectivity index (χ3n) is 2.70. The number of carbonyl (C=O) groups is 1. The summed E-state index contributed by atoms with van der Waals surface area (Å²) in [6, 6.07) is 1.49. The molecule has 0 spiro atoms. The van der Waals surface area contributed by atoms with E-state index in [4.69, 9.17) is 14.4 Å². The summed E-state index contributed by atoms with van der Waals surface area (Å²) in [5.74, 6) is -0.415. The van der Waals surface area contributed by atoms with Gasteiger partial charge in [-0.25, -0.2) is 4.79 Å². The molecule has 0 aliphatic heterocycles. The zero-order chi connectivity index (χ0) is 11.4. The summed E-state index contributed by atoms with van der Waals surface area (Å²) in [5.41, 5.74) is 2.97. The summed E-state index contributed by atoms with van der Waals surface area (Å²) in [7, 11) is 0. The van der Waals surface area contributed by atoms with Crippen molar-refractivity contribution in [2.75, 3.05) is 0 Å². The van der Waals surface area contributed by atoms with Crippen molar-refractivity contribution in [3.05, 3.63) is 23.7 Å². The van der Waals surface area contributed by atoms with Crippen LogP contribution >= 0.6 is 0 Å². The van der Waals surface area contributed by atoms with Crippen molar-refractivity contribution in [3.63, 3.8) is 0 Å². The Balaban J connectivity index is 1.74. The first-order chi connectivity index (χ1) is 7.75. The van der Waals surface area contributed by atoms with Crippen LogP contribution in [0.2, 0.25) is 0 Å². The average molecular weight is 225 g/mol. The second-order valence-electron chi connectivity index (χ2n) is 3.95. The van der Waals surface area contributed by atoms with E-state index in [0.29, 0.717) is 12.3 Å². The highest BCUT2D eigenvalue weighted by molar-refractivity contribution is 5.87. The molecule has 0 bridgehead atoms. The van der Waals surface area contributed by atoms with Crippen molar-refractivity contribution >= 4 is 5.97 Å². The minimum Gasteiger partial charge on any atom is -0.478 e. The standard InChI is InChI=1S/C11H15NO4/c13-11(14)8-5-10(15-7-8)6-12-16-9-3-1-2-4-9/h5,7,9,12H,1-4,6H2,(H,13,14). The van der Waals surface area contributed by atoms with Gasteiger partial charge in [-0.05, 0) is 18.9 Å². The predicted molar refractivity (Wildman–Crippen MR) is 55.8 cm³/mol. The van der Waals surface area contributed by atoms with Gasteiger partial charge in [0, 0.05) is 0 Å². The molecule has 0 atom stereocenters. The lowest BCUT2D eigenvalue weighted by Gasteiger charge is -2.10. The Morgan fingerprint density at radius 3 is 2.94 bits per heavy atom. The van der Waals surface area contributed by atoms with Gasteiger partial charge in [-0.2, -0.15) is 5.48 Å². The van der Waals surface area contributed by atoms with E-state index in [9.17, 15) is 4.79 Å². The quantitative estimate of drug-likeness (QED) is 0.749. The maximum Gasteiger partial charge on any atom is 0.338 e. The van der Waals surface area contributed by atoms with E-state index in [1.54, 1.807) is 0 Å². The van der Waals surface area contributed by atoms with E-state index >= 15 is 0 Å². The monoisotopic (exact) mass is 225 g/mol. The summed E-state index contributed by atoms with van der Waals surface area (Å²) in [4.78, 5) is 16.0. The van der Waals surface area contributed by atoms with Gasteiger partial charge in [0.05, 0.1) is 18.2 Å². The number of hydroxylamine groups is 1. The molecule has 0 unspecified atom stereocenters. The van der Waals surface area contributed by atoms with Crippen molar-refractivity contribution in [2.45, 2.75) is 38.3 Å². The Labute approximate surface area is 93.3 Å². The lowest BCUT2D eigenvalue weighted by atomic mass is 10.3. The fraction of sp³-hybridized carbons (Fsp3) is 0.545. The van der Waals surface area contributed by atoms with Crippen LogP contribution < -0.4 is 5.48 Å². The van der Waals surface area contributed by atoms with Crippen LogP contribution in [0.15, 0.2) is 16.7 Å². The van der Waals surface area contributed by atoms with Crippen molar-refractivity contribution in [3.8, 4) is 0 Å². The molecule has 1 aliphatic carbocycles. The molecule has 1 aliphatic rings. The highest BCUT2D eigenvalue weighted by atomic mass is 16.7. The van der Waals surface area contributed by atoms with E-state index in [1.807, 2.05) is 0 Å². The lowest BCUT2D eigenvalue weighted by molar-refractivity contribution is -0.0268. The molecular formula is C11H15NO4. The second-order valence-corrected chi connectivity index (χ2v) is 3.95. The molecule has 0 amide bonds. The summed E-state index contributed by atoms with van der Waals surface area (Å²) >= 11 is 0. The third-order valence-corrected chi connectivity index (χ3v) is 2.70. The van der Waals surface area contributed by atoms with Gasteiger partial charge in [-0.1, -0.05) is 12.8 Å². The van der Waals surface area contributed by atoms with Gasteiger partial charge in [0.2, 0.25) is 0 Å². The number of carboxylic acid groups (broad SMARTS) is 1. The molecule has 1 aromatic rings. The Kier molecular flexibility index (Phi) is 3.58. The largest absolute Gasteiger partial charge is 0.478 e. The maximum atomic E-state index is 10.6. The lowest BCUT2D eigenvalue weighted by Crippen LogP contribution is -2.21. The highest BCUT2D eigenvalue weighted by Crippen LogP contribution is 2.20. The van der Waals surface area contributed by atoms with Crippen molar-refractivity contribution < 1.29 is 19.2 Å². The minimum atomic E-state index is -0.980. The normalized spacial score (nSPS) is 16.8. The first-order valence-corrected chi connectivity index (χ1v) is 5.45. The molecular weight excluding hydrogens is 210 g/mol. The van der Waals surface area contributed by atoms with E-state index in [-0.39, 0.29) is 11.7 Å². The van der Waals surface area contributed by atoms with Crippen molar-refractivity contribution in [1.82, 2.24) is 5.48 Å². The summed E-state index contributed by atoms with van der Waals surface area (Å²) in [5, 5.41) is 8.68. The van der Waals surface area contributed by atoms with Gasteiger partial charge in [0.15, 0.2) is 0 Å². The Hall–Kier alpha value is -1.33. The number of aromatic carboxylic acids is 1. The molecule has 0 radical (unpaired) electrons. The van der Waals surface area contributed by atoms with Gasteiger partial charge in [-0.15, -0.1) is 0 Å². The molecule has 5 nitrogen and oxygen atoms in total. The Morgan fingerprint density at radius 2 is 2.31 bits per heavy atom. The van der Waals surface area contributed by atoms with Crippen molar-refractivity contribution in [2.24, 2.45) is 0 Å². The summed E-state index contributed by atoms with van der Waals surface area (Å²) in [6.07, 6.45) is 6.13. The van der Waals surface area contributed by atoms with E-state index in [2.05, 4.69) is 5.48 Å². The minimum absolute atomic E-state index is 0.165. The zero-order valence-corrected chi connectivity index (χ0v) is 8.94. The van der Waals surface area contributed by atoms with E-state index in [0.717, 1.165) is 12.8 Å². The molecule has 1 saturated carbocycles. The smallest absolute Gasteiger partial charge is 0.338 e. The Bertz CT molecular complexity index is 355. The molecule has 5 heteroatoms. The average Bonchev–Trinajstić information content (AvgIpc) is 2.87. The first kappa shape index (κ1) is 11.2. The van der Waals surface area contributed by atoms with Crippen LogP contribution in [-0.2, 0) is 11.4 Å². The summed E-state index contributed by atoms with van der Waals surface area (Å²) in [6.45, 7) is 0.393. The summed E-state index contributed by atoms with van der Waals surface area (Å²) < 4.78 is 5.07. The number of nitrogens with one attached hydrogen (secondary N) is 1. The fourth-order valence-electron chi connectivity index (χ4n) is 1.82. The molecule has 0 aromatic carbocycles. The van der Waals surface area contributed by atoms with Crippen LogP contribution in [0.3, 0.4) is 0 Å². The van der Waals surface area contributed by atoms with Crippen LogP contribution in [0.4, 0.5) is 0 Å². The SMILES string of the molecule is O=C(O)c1coc(CNOC2CCCC2)c1. The molecule has 2 rings (SSSR count). The van der Waals surface area contributed by atoms with E-state index < -0.39 is 5.97 Å². The van der Waals surface area contributed by atoms with Crippen LogP contribution in [0.5, 0.6) is 0 Å². The van der Waals surface area contributed by atoms with Gasteiger partial charge in [0.1, 0.15) is 12.0 Å². The van der Waals surface area contributed by atoms with Crippen LogP contribution in [-0.4, -0.2) is 17.2 Å². The molecule has 1 fully saturated rings.